The van der Waals surface area contributed by atoms with Gasteiger partial charge in [0, 0.05) is 18.8 Å². The Morgan fingerprint density at radius 1 is 1.20 bits per heavy atom. The van der Waals surface area contributed by atoms with Gasteiger partial charge in [0.15, 0.2) is 0 Å². The lowest BCUT2D eigenvalue weighted by molar-refractivity contribution is 0.0411. The second-order valence-electron chi connectivity index (χ2n) is 4.62. The standard InChI is InChI=1S/C13H17N3O4/c17-7-13(8-18,9-19)14-6-10-5-12(20)16-4-2-1-3-11(16)15-10/h1-5,14,17-19H,6-9H2. The van der Waals surface area contributed by atoms with Gasteiger partial charge in [-0.1, -0.05) is 6.07 Å². The van der Waals surface area contributed by atoms with Crippen molar-refractivity contribution in [1.29, 1.82) is 0 Å². The summed E-state index contributed by atoms with van der Waals surface area (Å²) in [6, 6.07) is 6.60. The monoisotopic (exact) mass is 279 g/mol. The number of aliphatic hydroxyl groups is 3. The first-order chi connectivity index (χ1) is 9.64. The molecule has 2 aromatic heterocycles. The number of rotatable bonds is 6. The molecule has 0 fully saturated rings. The van der Waals surface area contributed by atoms with Gasteiger partial charge >= 0.3 is 0 Å². The maximum Gasteiger partial charge on any atom is 0.258 e. The van der Waals surface area contributed by atoms with Crippen molar-refractivity contribution in [3.8, 4) is 0 Å². The molecule has 2 heterocycles. The third-order valence-electron chi connectivity index (χ3n) is 3.18. The zero-order valence-electron chi connectivity index (χ0n) is 10.9. The van der Waals surface area contributed by atoms with Crippen LogP contribution in [0.1, 0.15) is 5.69 Å². The molecule has 2 aromatic rings. The van der Waals surface area contributed by atoms with Crippen molar-refractivity contribution in [2.24, 2.45) is 0 Å². The van der Waals surface area contributed by atoms with Crippen LogP contribution in [0.25, 0.3) is 5.65 Å². The summed E-state index contributed by atoms with van der Waals surface area (Å²) in [5.74, 6) is 0. The van der Waals surface area contributed by atoms with Gasteiger partial charge in [0.05, 0.1) is 31.1 Å². The number of fused-ring (bicyclic) bond motifs is 1. The molecule has 7 heteroatoms. The van der Waals surface area contributed by atoms with E-state index in [1.54, 1.807) is 24.4 Å². The molecule has 108 valence electrons. The second kappa shape index (κ2) is 6.10. The Hall–Kier alpha value is -1.80. The molecule has 0 radical (unpaired) electrons. The predicted octanol–water partition coefficient (Wildman–Crippen LogP) is -1.50. The summed E-state index contributed by atoms with van der Waals surface area (Å²) in [6.45, 7) is -1.12. The van der Waals surface area contributed by atoms with Crippen LogP contribution in [-0.4, -0.2) is 50.1 Å². The smallest absolute Gasteiger partial charge is 0.258 e. The highest BCUT2D eigenvalue weighted by molar-refractivity contribution is 5.37. The van der Waals surface area contributed by atoms with E-state index in [0.29, 0.717) is 11.3 Å². The summed E-state index contributed by atoms with van der Waals surface area (Å²) in [7, 11) is 0. The van der Waals surface area contributed by atoms with Crippen molar-refractivity contribution in [1.82, 2.24) is 14.7 Å². The van der Waals surface area contributed by atoms with Crippen LogP contribution >= 0.6 is 0 Å². The van der Waals surface area contributed by atoms with Gasteiger partial charge < -0.3 is 15.3 Å². The zero-order chi connectivity index (χ0) is 14.6. The number of pyridine rings is 1. The molecule has 0 bridgehead atoms. The average molecular weight is 279 g/mol. The molecule has 0 aliphatic heterocycles. The molecule has 0 aliphatic carbocycles. The predicted molar refractivity (Wildman–Crippen MR) is 72.3 cm³/mol. The van der Waals surface area contributed by atoms with Gasteiger partial charge in [-0.05, 0) is 12.1 Å². The number of hydrogen-bond donors (Lipinski definition) is 4. The number of aliphatic hydroxyl groups excluding tert-OH is 3. The molecule has 4 N–H and O–H groups in total. The molecule has 2 rings (SSSR count). The lowest BCUT2D eigenvalue weighted by atomic mass is 10.0. The second-order valence-corrected chi connectivity index (χ2v) is 4.62. The van der Waals surface area contributed by atoms with Crippen molar-refractivity contribution in [2.75, 3.05) is 19.8 Å². The molecule has 0 saturated carbocycles. The molecule has 0 aromatic carbocycles. The largest absolute Gasteiger partial charge is 0.394 e. The maximum atomic E-state index is 11.9. The fourth-order valence-corrected chi connectivity index (χ4v) is 1.79. The van der Waals surface area contributed by atoms with Crippen LogP contribution in [0.4, 0.5) is 0 Å². The Bertz CT molecular complexity index is 629. The molecular formula is C13H17N3O4. The number of nitrogens with one attached hydrogen (secondary N) is 1. The van der Waals surface area contributed by atoms with Crippen LogP contribution < -0.4 is 10.9 Å². The molecule has 0 saturated heterocycles. The summed E-state index contributed by atoms with van der Waals surface area (Å²) in [6.07, 6.45) is 1.63. The van der Waals surface area contributed by atoms with Crippen molar-refractivity contribution < 1.29 is 15.3 Å². The summed E-state index contributed by atoms with van der Waals surface area (Å²) in [5, 5.41) is 30.5. The maximum absolute atomic E-state index is 11.9. The van der Waals surface area contributed by atoms with Crippen LogP contribution in [0, 0.1) is 0 Å². The van der Waals surface area contributed by atoms with Crippen LogP contribution in [0.5, 0.6) is 0 Å². The van der Waals surface area contributed by atoms with Crippen molar-refractivity contribution in [2.45, 2.75) is 12.1 Å². The minimum absolute atomic E-state index is 0.155. The first-order valence-electron chi connectivity index (χ1n) is 6.19. The van der Waals surface area contributed by atoms with Crippen molar-refractivity contribution >= 4 is 5.65 Å². The van der Waals surface area contributed by atoms with Gasteiger partial charge in [-0.15, -0.1) is 0 Å². The highest BCUT2D eigenvalue weighted by Crippen LogP contribution is 2.04. The third kappa shape index (κ3) is 2.86. The molecule has 0 unspecified atom stereocenters. The first-order valence-corrected chi connectivity index (χ1v) is 6.19. The fraction of sp³-hybridized carbons (Fsp3) is 0.385. The fourth-order valence-electron chi connectivity index (χ4n) is 1.79. The highest BCUT2D eigenvalue weighted by Gasteiger charge is 2.27. The number of hydrogen-bond acceptors (Lipinski definition) is 6. The molecule has 0 amide bonds. The highest BCUT2D eigenvalue weighted by atomic mass is 16.3. The molecule has 0 spiro atoms. The quantitative estimate of drug-likeness (QED) is 0.513. The van der Waals surface area contributed by atoms with E-state index in [9.17, 15) is 20.1 Å². The average Bonchev–Trinajstić information content (AvgIpc) is 2.49. The van der Waals surface area contributed by atoms with Gasteiger partial charge in [-0.3, -0.25) is 14.5 Å². The van der Waals surface area contributed by atoms with Gasteiger partial charge in [-0.25, -0.2) is 4.98 Å². The summed E-state index contributed by atoms with van der Waals surface area (Å²) in [4.78, 5) is 16.2. The lowest BCUT2D eigenvalue weighted by Crippen LogP contribution is -2.54. The minimum atomic E-state index is -1.19. The Kier molecular flexibility index (Phi) is 4.46. The molecule has 0 aliphatic rings. The van der Waals surface area contributed by atoms with Gasteiger partial charge in [-0.2, -0.15) is 0 Å². The van der Waals surface area contributed by atoms with Gasteiger partial charge in [0.25, 0.3) is 5.56 Å². The SMILES string of the molecule is O=c1cc(CNC(CO)(CO)CO)nc2ccccn12. The van der Waals surface area contributed by atoms with E-state index in [-0.39, 0.29) is 12.1 Å². The Morgan fingerprint density at radius 2 is 1.90 bits per heavy atom. The van der Waals surface area contributed by atoms with Crippen LogP contribution in [0.2, 0.25) is 0 Å². The zero-order valence-corrected chi connectivity index (χ0v) is 10.9. The summed E-state index contributed by atoms with van der Waals surface area (Å²) >= 11 is 0. The van der Waals surface area contributed by atoms with E-state index in [2.05, 4.69) is 10.3 Å². The normalized spacial score (nSPS) is 11.9. The Balaban J connectivity index is 2.24. The number of aromatic nitrogens is 2. The Morgan fingerprint density at radius 3 is 2.55 bits per heavy atom. The minimum Gasteiger partial charge on any atom is -0.394 e. The molecule has 7 nitrogen and oxygen atoms in total. The van der Waals surface area contributed by atoms with E-state index < -0.39 is 25.4 Å². The van der Waals surface area contributed by atoms with E-state index >= 15 is 0 Å². The summed E-state index contributed by atoms with van der Waals surface area (Å²) in [5.41, 5.74) is -0.418. The van der Waals surface area contributed by atoms with Gasteiger partial charge in [0.1, 0.15) is 5.65 Å². The summed E-state index contributed by atoms with van der Waals surface area (Å²) < 4.78 is 1.42. The van der Waals surface area contributed by atoms with Crippen molar-refractivity contribution in [3.05, 3.63) is 46.5 Å². The first kappa shape index (κ1) is 14.6. The lowest BCUT2D eigenvalue weighted by Gasteiger charge is -2.28. The molecule has 0 atom stereocenters. The molecule has 20 heavy (non-hydrogen) atoms. The van der Waals surface area contributed by atoms with E-state index in [4.69, 9.17) is 0 Å². The van der Waals surface area contributed by atoms with Crippen molar-refractivity contribution in [3.63, 3.8) is 0 Å². The van der Waals surface area contributed by atoms with Gasteiger partial charge in [0.2, 0.25) is 0 Å². The van der Waals surface area contributed by atoms with Crippen LogP contribution in [0.3, 0.4) is 0 Å². The van der Waals surface area contributed by atoms with Crippen LogP contribution in [0.15, 0.2) is 35.3 Å². The van der Waals surface area contributed by atoms with E-state index in [0.717, 1.165) is 0 Å². The van der Waals surface area contributed by atoms with E-state index in [1.807, 2.05) is 0 Å². The third-order valence-corrected chi connectivity index (χ3v) is 3.18. The van der Waals surface area contributed by atoms with E-state index in [1.165, 1.54) is 10.5 Å². The molecular weight excluding hydrogens is 262 g/mol. The number of nitrogens with zero attached hydrogens (tertiary/aromatic N) is 2. The topological polar surface area (TPSA) is 107 Å². The van der Waals surface area contributed by atoms with Crippen LogP contribution in [-0.2, 0) is 6.54 Å². The Labute approximate surface area is 115 Å².